The van der Waals surface area contributed by atoms with Gasteiger partial charge in [0, 0.05) is 18.7 Å². The van der Waals surface area contributed by atoms with Crippen LogP contribution in [0.25, 0.3) is 21.7 Å². The monoisotopic (exact) mass is 482 g/mol. The number of carbonyl (C=O) groups is 1. The Morgan fingerprint density at radius 2 is 1.67 bits per heavy atom. The van der Waals surface area contributed by atoms with Crippen molar-refractivity contribution in [2.75, 3.05) is 13.1 Å². The van der Waals surface area contributed by atoms with Crippen LogP contribution in [-0.2, 0) is 14.8 Å². The van der Waals surface area contributed by atoms with Gasteiger partial charge in [0.15, 0.2) is 5.01 Å². The van der Waals surface area contributed by atoms with Crippen molar-refractivity contribution in [2.24, 2.45) is 5.14 Å². The average molecular weight is 483 g/mol. The summed E-state index contributed by atoms with van der Waals surface area (Å²) in [5.74, 6) is -0.177. The number of aromatic nitrogens is 1. The van der Waals surface area contributed by atoms with E-state index >= 15 is 0 Å². The predicted molar refractivity (Wildman–Crippen MR) is 125 cm³/mol. The topological polar surface area (TPSA) is 126 Å². The minimum absolute atomic E-state index is 0.00304. The van der Waals surface area contributed by atoms with Crippen LogP contribution in [0.1, 0.15) is 29.2 Å². The first-order valence-corrected chi connectivity index (χ1v) is 12.6. The number of morpholine rings is 1. The second-order valence-corrected chi connectivity index (χ2v) is 10.5. The van der Waals surface area contributed by atoms with E-state index in [-0.39, 0.29) is 23.0 Å². The van der Waals surface area contributed by atoms with E-state index in [2.05, 4.69) is 11.1 Å². The largest absolute Gasteiger partial charge is 0.372 e. The Labute approximate surface area is 196 Å². The summed E-state index contributed by atoms with van der Waals surface area (Å²) in [4.78, 5) is 20.4. The molecular formula is C23H22N4O4S2. The van der Waals surface area contributed by atoms with Crippen molar-refractivity contribution in [1.82, 2.24) is 9.88 Å². The zero-order valence-corrected chi connectivity index (χ0v) is 19.7. The maximum atomic E-state index is 13.3. The van der Waals surface area contributed by atoms with Crippen LogP contribution in [0.4, 0.5) is 0 Å². The molecule has 1 aromatic heterocycles. The first-order chi connectivity index (χ1) is 15.7. The van der Waals surface area contributed by atoms with Gasteiger partial charge in [0.25, 0.3) is 5.91 Å². The number of ether oxygens (including phenoxy) is 1. The van der Waals surface area contributed by atoms with E-state index in [9.17, 15) is 13.2 Å². The molecule has 2 aromatic carbocycles. The molecule has 0 bridgehead atoms. The molecule has 170 valence electrons. The summed E-state index contributed by atoms with van der Waals surface area (Å²) in [5.41, 5.74) is 2.56. The molecule has 8 nitrogen and oxygen atoms in total. The Morgan fingerprint density at radius 1 is 1.09 bits per heavy atom. The van der Waals surface area contributed by atoms with E-state index in [0.717, 1.165) is 10.4 Å². The van der Waals surface area contributed by atoms with Gasteiger partial charge >= 0.3 is 0 Å². The van der Waals surface area contributed by atoms with Gasteiger partial charge in [-0.2, -0.15) is 5.26 Å². The van der Waals surface area contributed by atoms with Crippen LogP contribution in [0.5, 0.6) is 0 Å². The van der Waals surface area contributed by atoms with Gasteiger partial charge < -0.3 is 9.64 Å². The number of hydrogen-bond donors (Lipinski definition) is 1. The lowest BCUT2D eigenvalue weighted by molar-refractivity contribution is -0.0586. The van der Waals surface area contributed by atoms with E-state index in [1.54, 1.807) is 41.3 Å². The molecule has 1 aliphatic heterocycles. The van der Waals surface area contributed by atoms with Crippen molar-refractivity contribution in [1.29, 1.82) is 5.26 Å². The first-order valence-electron chi connectivity index (χ1n) is 10.2. The van der Waals surface area contributed by atoms with Gasteiger partial charge in [-0.05, 0) is 43.7 Å². The minimum atomic E-state index is -3.82. The van der Waals surface area contributed by atoms with E-state index in [1.165, 1.54) is 23.5 Å². The zero-order chi connectivity index (χ0) is 23.8. The highest BCUT2D eigenvalue weighted by molar-refractivity contribution is 7.89. The SMILES string of the molecule is CC1CN(C(=O)c2nc(-c3ccc(C#N)cc3)c(-c3ccc(S(N)(=O)=O)cc3)s2)CC(C)O1. The summed E-state index contributed by atoms with van der Waals surface area (Å²) in [6.07, 6.45) is -0.137. The summed E-state index contributed by atoms with van der Waals surface area (Å²) in [5, 5.41) is 14.7. The standard InChI is InChI=1S/C23H22N4O4S2/c1-14-12-27(13-15(2)31-14)23(28)22-26-20(17-5-3-16(11-24)4-6-17)21(32-22)18-7-9-19(10-8-18)33(25,29)30/h3-10,14-15H,12-13H2,1-2H3,(H2,25,29,30). The third-order valence-corrected chi connectivity index (χ3v) is 7.27. The third kappa shape index (κ3) is 4.96. The normalized spacial score (nSPS) is 18.7. The zero-order valence-electron chi connectivity index (χ0n) is 18.1. The molecule has 1 aliphatic rings. The van der Waals surface area contributed by atoms with Crippen molar-refractivity contribution >= 4 is 27.3 Å². The molecule has 4 rings (SSSR count). The summed E-state index contributed by atoms with van der Waals surface area (Å²) in [6, 6.07) is 15.2. The highest BCUT2D eigenvalue weighted by Crippen LogP contribution is 2.38. The molecule has 2 unspecified atom stereocenters. The van der Waals surface area contributed by atoms with E-state index in [4.69, 9.17) is 15.1 Å². The van der Waals surface area contributed by atoms with Gasteiger partial charge in [0.2, 0.25) is 10.0 Å². The quantitative estimate of drug-likeness (QED) is 0.608. The number of rotatable bonds is 4. The number of nitrogens with zero attached hydrogens (tertiary/aromatic N) is 3. The molecule has 0 radical (unpaired) electrons. The molecule has 2 heterocycles. The number of hydrogen-bond acceptors (Lipinski definition) is 7. The molecule has 1 saturated heterocycles. The van der Waals surface area contributed by atoms with Crippen molar-refractivity contribution in [3.05, 3.63) is 59.1 Å². The fraction of sp³-hybridized carbons (Fsp3) is 0.261. The number of benzene rings is 2. The van der Waals surface area contributed by atoms with Gasteiger partial charge in [0.1, 0.15) is 0 Å². The first kappa shape index (κ1) is 23.1. The van der Waals surface area contributed by atoms with Gasteiger partial charge in [-0.3, -0.25) is 4.79 Å². The van der Waals surface area contributed by atoms with Gasteiger partial charge in [-0.1, -0.05) is 24.3 Å². The molecule has 1 amide bonds. The maximum absolute atomic E-state index is 13.3. The van der Waals surface area contributed by atoms with Crippen LogP contribution in [0.3, 0.4) is 0 Å². The lowest BCUT2D eigenvalue weighted by atomic mass is 10.1. The molecule has 1 fully saturated rings. The second-order valence-electron chi connectivity index (χ2n) is 7.92. The summed E-state index contributed by atoms with van der Waals surface area (Å²) >= 11 is 1.25. The number of thiazole rings is 1. The Hall–Kier alpha value is -3.10. The fourth-order valence-corrected chi connectivity index (χ4v) is 5.36. The number of sulfonamides is 1. The van der Waals surface area contributed by atoms with Crippen molar-refractivity contribution in [3.63, 3.8) is 0 Å². The molecule has 3 aromatic rings. The summed E-state index contributed by atoms with van der Waals surface area (Å²) in [6.45, 7) is 4.82. The third-order valence-electron chi connectivity index (χ3n) is 5.25. The molecule has 0 spiro atoms. The molecule has 2 atom stereocenters. The molecule has 0 saturated carbocycles. The van der Waals surface area contributed by atoms with E-state index < -0.39 is 10.0 Å². The Morgan fingerprint density at radius 3 is 2.21 bits per heavy atom. The Balaban J connectivity index is 1.78. The molecule has 0 aliphatic carbocycles. The second kappa shape index (κ2) is 9.03. The van der Waals surface area contributed by atoms with Crippen molar-refractivity contribution in [3.8, 4) is 27.8 Å². The highest BCUT2D eigenvalue weighted by Gasteiger charge is 2.29. The van der Waals surface area contributed by atoms with E-state index in [0.29, 0.717) is 34.9 Å². The van der Waals surface area contributed by atoms with Crippen LogP contribution < -0.4 is 5.14 Å². The maximum Gasteiger partial charge on any atom is 0.283 e. The summed E-state index contributed by atoms with van der Waals surface area (Å²) in [7, 11) is -3.82. The van der Waals surface area contributed by atoms with Crippen LogP contribution in [0.15, 0.2) is 53.4 Å². The molecule has 2 N–H and O–H groups in total. The summed E-state index contributed by atoms with van der Waals surface area (Å²) < 4.78 is 29.0. The highest BCUT2D eigenvalue weighted by atomic mass is 32.2. The van der Waals surface area contributed by atoms with Gasteiger partial charge in [-0.25, -0.2) is 18.5 Å². The molecule has 33 heavy (non-hydrogen) atoms. The average Bonchev–Trinajstić information content (AvgIpc) is 3.23. The smallest absolute Gasteiger partial charge is 0.283 e. The lowest BCUT2D eigenvalue weighted by Gasteiger charge is -2.34. The number of amides is 1. The number of primary sulfonamides is 1. The van der Waals surface area contributed by atoms with Crippen LogP contribution in [0.2, 0.25) is 0 Å². The van der Waals surface area contributed by atoms with Crippen molar-refractivity contribution in [2.45, 2.75) is 31.0 Å². The molecule has 10 heteroatoms. The Bertz CT molecular complexity index is 1320. The number of nitrogens with two attached hydrogens (primary N) is 1. The Kier molecular flexibility index (Phi) is 6.32. The van der Waals surface area contributed by atoms with Crippen LogP contribution >= 0.6 is 11.3 Å². The predicted octanol–water partition coefficient (Wildman–Crippen LogP) is 3.25. The van der Waals surface area contributed by atoms with Crippen LogP contribution in [0, 0.1) is 11.3 Å². The number of carbonyl (C=O) groups excluding carboxylic acids is 1. The fourth-order valence-electron chi connectivity index (χ4n) is 3.78. The van der Waals surface area contributed by atoms with Crippen molar-refractivity contribution < 1.29 is 17.9 Å². The molecular weight excluding hydrogens is 460 g/mol. The lowest BCUT2D eigenvalue weighted by Crippen LogP contribution is -2.48. The van der Waals surface area contributed by atoms with Gasteiger partial charge in [0.05, 0.1) is 39.3 Å². The van der Waals surface area contributed by atoms with Gasteiger partial charge in [-0.15, -0.1) is 11.3 Å². The van der Waals surface area contributed by atoms with Crippen LogP contribution in [-0.4, -0.2) is 49.5 Å². The van der Waals surface area contributed by atoms with E-state index in [1.807, 2.05) is 13.8 Å². The minimum Gasteiger partial charge on any atom is -0.372 e. The number of nitriles is 1.